The number of hydrogen-bond donors (Lipinski definition) is 1. The molecule has 0 bridgehead atoms. The summed E-state index contributed by atoms with van der Waals surface area (Å²) in [7, 11) is 0. The van der Waals surface area contributed by atoms with Gasteiger partial charge >= 0.3 is 0 Å². The van der Waals surface area contributed by atoms with E-state index in [1.165, 1.54) is 31.5 Å². The van der Waals surface area contributed by atoms with Crippen molar-refractivity contribution >= 4 is 0 Å². The Hall–Kier alpha value is -0.860. The van der Waals surface area contributed by atoms with E-state index in [2.05, 4.69) is 47.5 Å². The molecule has 1 aliphatic rings. The highest BCUT2D eigenvalue weighted by Crippen LogP contribution is 2.13. The normalized spacial score (nSPS) is 17.1. The summed E-state index contributed by atoms with van der Waals surface area (Å²) in [5, 5.41) is 3.54. The minimum Gasteiger partial charge on any atom is -0.314 e. The molecule has 0 amide bonds. The average molecular weight is 248 g/mol. The number of hydrogen-bond acceptors (Lipinski definition) is 2. The largest absolute Gasteiger partial charge is 0.314 e. The molecule has 2 nitrogen and oxygen atoms in total. The predicted molar refractivity (Wildman–Crippen MR) is 79.8 cm³/mol. The molecule has 1 heterocycles. The number of piperidine rings is 1. The van der Waals surface area contributed by atoms with Crippen molar-refractivity contribution in [2.75, 3.05) is 19.6 Å². The van der Waals surface area contributed by atoms with Gasteiger partial charge in [-0.05, 0) is 38.0 Å². The second kappa shape index (κ2) is 9.12. The first-order valence-electron chi connectivity index (χ1n) is 7.38. The molecule has 0 aliphatic carbocycles. The van der Waals surface area contributed by atoms with Crippen LogP contribution in [0.5, 0.6) is 0 Å². The maximum absolute atomic E-state index is 3.54. The molecule has 1 aromatic rings. The quantitative estimate of drug-likeness (QED) is 0.879. The zero-order valence-corrected chi connectivity index (χ0v) is 12.2. The Bertz CT molecular complexity index is 289. The molecule has 1 aromatic carbocycles. The van der Waals surface area contributed by atoms with Crippen molar-refractivity contribution in [3.63, 3.8) is 0 Å². The third-order valence-electron chi connectivity index (χ3n) is 3.33. The monoisotopic (exact) mass is 248 g/mol. The second-order valence-corrected chi connectivity index (χ2v) is 4.59. The van der Waals surface area contributed by atoms with Gasteiger partial charge in [0.05, 0.1) is 0 Å². The van der Waals surface area contributed by atoms with Crippen LogP contribution in [0.4, 0.5) is 0 Å². The highest BCUT2D eigenvalue weighted by Gasteiger charge is 2.17. The van der Waals surface area contributed by atoms with Crippen molar-refractivity contribution < 1.29 is 0 Å². The molecule has 0 spiro atoms. The molecule has 0 saturated carbocycles. The Morgan fingerprint density at radius 2 is 1.72 bits per heavy atom. The van der Waals surface area contributed by atoms with E-state index in [0.29, 0.717) is 0 Å². The third-order valence-corrected chi connectivity index (χ3v) is 3.33. The van der Waals surface area contributed by atoms with Crippen LogP contribution in [0.2, 0.25) is 0 Å². The minimum absolute atomic E-state index is 0.747. The summed E-state index contributed by atoms with van der Waals surface area (Å²) in [6.07, 6.45) is 2.58. The Balaban J connectivity index is 0.000000771. The number of likely N-dealkylation sites (tertiary alicyclic amines) is 1. The van der Waals surface area contributed by atoms with Crippen LogP contribution >= 0.6 is 0 Å². The van der Waals surface area contributed by atoms with Crippen molar-refractivity contribution in [1.29, 1.82) is 0 Å². The molecule has 1 saturated heterocycles. The van der Waals surface area contributed by atoms with Crippen LogP contribution in [-0.4, -0.2) is 30.6 Å². The van der Waals surface area contributed by atoms with Crippen LogP contribution in [0.15, 0.2) is 30.3 Å². The molecular formula is C16H28N2. The molecular weight excluding hydrogens is 220 g/mol. The van der Waals surface area contributed by atoms with E-state index < -0.39 is 0 Å². The predicted octanol–water partition coefficient (Wildman–Crippen LogP) is 3.29. The molecule has 1 N–H and O–H groups in total. The first-order chi connectivity index (χ1) is 8.88. The first kappa shape index (κ1) is 15.2. The van der Waals surface area contributed by atoms with Crippen LogP contribution in [0.1, 0.15) is 39.2 Å². The average Bonchev–Trinajstić information content (AvgIpc) is 2.45. The van der Waals surface area contributed by atoms with Crippen molar-refractivity contribution in [3.05, 3.63) is 35.9 Å². The standard InChI is InChI=1S/C14H22N2.C2H6/c1-2-15-14-8-10-16(11-9-14)12-13-6-4-3-5-7-13;1-2/h3-7,14-15H,2,8-12H2,1H3;1-2H3. The summed E-state index contributed by atoms with van der Waals surface area (Å²) in [5.41, 5.74) is 1.43. The zero-order chi connectivity index (χ0) is 13.2. The van der Waals surface area contributed by atoms with Crippen molar-refractivity contribution in [3.8, 4) is 0 Å². The van der Waals surface area contributed by atoms with E-state index in [1.54, 1.807) is 0 Å². The van der Waals surface area contributed by atoms with Gasteiger partial charge in [0, 0.05) is 12.6 Å². The lowest BCUT2D eigenvalue weighted by molar-refractivity contribution is 0.192. The van der Waals surface area contributed by atoms with Gasteiger partial charge in [0.1, 0.15) is 0 Å². The van der Waals surface area contributed by atoms with Gasteiger partial charge in [-0.1, -0.05) is 51.1 Å². The van der Waals surface area contributed by atoms with Crippen LogP contribution in [0, 0.1) is 0 Å². The summed E-state index contributed by atoms with van der Waals surface area (Å²) < 4.78 is 0. The lowest BCUT2D eigenvalue weighted by atomic mass is 10.0. The number of rotatable bonds is 4. The summed E-state index contributed by atoms with van der Waals surface area (Å²) in [4.78, 5) is 2.56. The summed E-state index contributed by atoms with van der Waals surface area (Å²) in [5.74, 6) is 0. The van der Waals surface area contributed by atoms with Gasteiger partial charge < -0.3 is 5.32 Å². The maximum Gasteiger partial charge on any atom is 0.0233 e. The fraction of sp³-hybridized carbons (Fsp3) is 0.625. The van der Waals surface area contributed by atoms with Crippen LogP contribution < -0.4 is 5.32 Å². The van der Waals surface area contributed by atoms with Gasteiger partial charge in [-0.2, -0.15) is 0 Å². The van der Waals surface area contributed by atoms with Gasteiger partial charge in [-0.3, -0.25) is 4.90 Å². The Morgan fingerprint density at radius 3 is 2.28 bits per heavy atom. The lowest BCUT2D eigenvalue weighted by Crippen LogP contribution is -2.42. The topological polar surface area (TPSA) is 15.3 Å². The second-order valence-electron chi connectivity index (χ2n) is 4.59. The van der Waals surface area contributed by atoms with E-state index in [-0.39, 0.29) is 0 Å². The van der Waals surface area contributed by atoms with Crippen LogP contribution in [0.3, 0.4) is 0 Å². The van der Waals surface area contributed by atoms with Crippen LogP contribution in [0.25, 0.3) is 0 Å². The van der Waals surface area contributed by atoms with E-state index in [4.69, 9.17) is 0 Å². The molecule has 0 atom stereocenters. The molecule has 2 heteroatoms. The SMILES string of the molecule is CC.CCNC1CCN(Cc2ccccc2)CC1. The van der Waals surface area contributed by atoms with Gasteiger partial charge in [0.2, 0.25) is 0 Å². The van der Waals surface area contributed by atoms with E-state index in [0.717, 1.165) is 19.1 Å². The van der Waals surface area contributed by atoms with Gasteiger partial charge in [-0.25, -0.2) is 0 Å². The minimum atomic E-state index is 0.747. The fourth-order valence-corrected chi connectivity index (χ4v) is 2.43. The molecule has 0 aromatic heterocycles. The Kier molecular flexibility index (Phi) is 7.70. The van der Waals surface area contributed by atoms with Crippen LogP contribution in [-0.2, 0) is 6.54 Å². The Morgan fingerprint density at radius 1 is 1.11 bits per heavy atom. The van der Waals surface area contributed by atoms with Crippen molar-refractivity contribution in [2.45, 2.75) is 46.2 Å². The molecule has 0 radical (unpaired) electrons. The lowest BCUT2D eigenvalue weighted by Gasteiger charge is -2.32. The van der Waals surface area contributed by atoms with E-state index in [9.17, 15) is 0 Å². The molecule has 102 valence electrons. The summed E-state index contributed by atoms with van der Waals surface area (Å²) in [6.45, 7) is 10.9. The molecule has 18 heavy (non-hydrogen) atoms. The number of benzene rings is 1. The van der Waals surface area contributed by atoms with Crippen molar-refractivity contribution in [2.24, 2.45) is 0 Å². The maximum atomic E-state index is 3.54. The van der Waals surface area contributed by atoms with Crippen molar-refractivity contribution in [1.82, 2.24) is 10.2 Å². The van der Waals surface area contributed by atoms with E-state index >= 15 is 0 Å². The number of nitrogens with zero attached hydrogens (tertiary/aromatic N) is 1. The summed E-state index contributed by atoms with van der Waals surface area (Å²) in [6, 6.07) is 11.5. The van der Waals surface area contributed by atoms with Gasteiger partial charge in [-0.15, -0.1) is 0 Å². The third kappa shape index (κ3) is 5.19. The zero-order valence-electron chi connectivity index (χ0n) is 12.2. The highest BCUT2D eigenvalue weighted by molar-refractivity contribution is 5.14. The molecule has 2 rings (SSSR count). The Labute approximate surface area is 112 Å². The molecule has 0 unspecified atom stereocenters. The molecule has 1 fully saturated rings. The highest BCUT2D eigenvalue weighted by atomic mass is 15.1. The van der Waals surface area contributed by atoms with E-state index in [1.807, 2.05) is 13.8 Å². The first-order valence-corrected chi connectivity index (χ1v) is 7.38. The van der Waals surface area contributed by atoms with Gasteiger partial charge in [0.15, 0.2) is 0 Å². The smallest absolute Gasteiger partial charge is 0.0233 e. The van der Waals surface area contributed by atoms with Gasteiger partial charge in [0.25, 0.3) is 0 Å². The summed E-state index contributed by atoms with van der Waals surface area (Å²) >= 11 is 0. The number of nitrogens with one attached hydrogen (secondary N) is 1. The fourth-order valence-electron chi connectivity index (χ4n) is 2.43. The molecule has 1 aliphatic heterocycles.